The molecule has 1 unspecified atom stereocenters. The van der Waals surface area contributed by atoms with Crippen LogP contribution in [0.15, 0.2) is 77.7 Å². The number of amides is 1. The van der Waals surface area contributed by atoms with Gasteiger partial charge in [-0.3, -0.25) is 4.79 Å². The van der Waals surface area contributed by atoms with Crippen molar-refractivity contribution in [3.05, 3.63) is 95.3 Å². The van der Waals surface area contributed by atoms with Crippen LogP contribution < -0.4 is 10.0 Å². The Morgan fingerprint density at radius 3 is 2.44 bits per heavy atom. The number of imidazole rings is 1. The van der Waals surface area contributed by atoms with E-state index in [4.69, 9.17) is 4.98 Å². The molecule has 4 aromatic rings. The molecule has 176 valence electrons. The Morgan fingerprint density at radius 2 is 1.71 bits per heavy atom. The highest BCUT2D eigenvalue weighted by Gasteiger charge is 2.23. The summed E-state index contributed by atoms with van der Waals surface area (Å²) in [6.07, 6.45) is -0.00261. The highest BCUT2D eigenvalue weighted by Crippen LogP contribution is 2.25. The molecule has 34 heavy (non-hydrogen) atoms. The number of nitrogens with zero attached hydrogens (tertiary/aromatic N) is 2. The quantitative estimate of drug-likeness (QED) is 0.405. The summed E-state index contributed by atoms with van der Waals surface area (Å²) >= 11 is 0. The van der Waals surface area contributed by atoms with E-state index >= 15 is 0 Å². The molecule has 0 aliphatic heterocycles. The lowest BCUT2D eigenvalue weighted by Crippen LogP contribution is -2.34. The molecular formula is C26H28N4O3S. The van der Waals surface area contributed by atoms with Gasteiger partial charge in [0.05, 0.1) is 15.9 Å². The topological polar surface area (TPSA) is 93.1 Å². The van der Waals surface area contributed by atoms with Crippen molar-refractivity contribution in [2.45, 2.75) is 31.2 Å². The maximum absolute atomic E-state index is 12.9. The molecule has 0 aliphatic rings. The average Bonchev–Trinajstić information content (AvgIpc) is 3.16. The van der Waals surface area contributed by atoms with Gasteiger partial charge in [-0.2, -0.15) is 0 Å². The summed E-state index contributed by atoms with van der Waals surface area (Å²) in [5, 5.41) is 3.04. The number of fused-ring (bicyclic) bond motifs is 1. The summed E-state index contributed by atoms with van der Waals surface area (Å²) in [5.74, 6) is 0.432. The van der Waals surface area contributed by atoms with Gasteiger partial charge < -0.3 is 9.88 Å². The molecule has 0 saturated heterocycles. The minimum Gasteiger partial charge on any atom is -0.342 e. The third kappa shape index (κ3) is 5.03. The number of aromatic nitrogens is 2. The number of aryl methyl sites for hydroxylation is 3. The molecule has 0 fully saturated rings. The van der Waals surface area contributed by atoms with Crippen LogP contribution in [0.4, 0.5) is 0 Å². The Bertz CT molecular complexity index is 1430. The number of sulfonamides is 1. The van der Waals surface area contributed by atoms with Gasteiger partial charge >= 0.3 is 0 Å². The van der Waals surface area contributed by atoms with Crippen LogP contribution in [0.3, 0.4) is 0 Å². The minimum absolute atomic E-state index is 0.00261. The zero-order valence-corrected chi connectivity index (χ0v) is 20.3. The van der Waals surface area contributed by atoms with E-state index in [1.807, 2.05) is 79.2 Å². The lowest BCUT2D eigenvalue weighted by molar-refractivity contribution is -0.121. The molecule has 1 heterocycles. The lowest BCUT2D eigenvalue weighted by Gasteiger charge is -2.19. The van der Waals surface area contributed by atoms with E-state index in [9.17, 15) is 13.2 Å². The first-order valence-electron chi connectivity index (χ1n) is 11.1. The normalized spacial score (nSPS) is 12.6. The van der Waals surface area contributed by atoms with Crippen LogP contribution >= 0.6 is 0 Å². The highest BCUT2D eigenvalue weighted by molar-refractivity contribution is 7.89. The number of hydrogen-bond donors (Lipinski definition) is 2. The van der Waals surface area contributed by atoms with Crippen molar-refractivity contribution in [2.24, 2.45) is 7.05 Å². The Balaban J connectivity index is 1.50. The second-order valence-electron chi connectivity index (χ2n) is 8.35. The first-order valence-corrected chi connectivity index (χ1v) is 12.6. The zero-order valence-electron chi connectivity index (χ0n) is 19.4. The van der Waals surface area contributed by atoms with Crippen LogP contribution in [0.5, 0.6) is 0 Å². The summed E-state index contributed by atoms with van der Waals surface area (Å²) in [7, 11) is -1.79. The van der Waals surface area contributed by atoms with Crippen molar-refractivity contribution >= 4 is 27.0 Å². The van der Waals surface area contributed by atoms with Gasteiger partial charge in [0.15, 0.2) is 0 Å². The molecule has 7 nitrogen and oxygen atoms in total. The number of rotatable bonds is 8. The smallest absolute Gasteiger partial charge is 0.240 e. The van der Waals surface area contributed by atoms with E-state index in [1.165, 1.54) is 0 Å². The molecule has 8 heteroatoms. The Labute approximate surface area is 199 Å². The van der Waals surface area contributed by atoms with Crippen LogP contribution in [0, 0.1) is 13.8 Å². The predicted octanol–water partition coefficient (Wildman–Crippen LogP) is 3.76. The molecule has 3 aromatic carbocycles. The maximum atomic E-state index is 12.9. The number of benzene rings is 3. The van der Waals surface area contributed by atoms with E-state index in [0.717, 1.165) is 22.2 Å². The van der Waals surface area contributed by atoms with Crippen LogP contribution in [-0.4, -0.2) is 30.4 Å². The van der Waals surface area contributed by atoms with Gasteiger partial charge in [0.25, 0.3) is 0 Å². The third-order valence-corrected chi connectivity index (χ3v) is 7.40. The van der Waals surface area contributed by atoms with Crippen LogP contribution in [-0.2, 0) is 21.9 Å². The zero-order chi connectivity index (χ0) is 24.3. The number of carbonyl (C=O) groups is 1. The van der Waals surface area contributed by atoms with Gasteiger partial charge in [-0.05, 0) is 48.7 Å². The summed E-state index contributed by atoms with van der Waals surface area (Å²) in [6, 6.07) is 22.2. The summed E-state index contributed by atoms with van der Waals surface area (Å²) < 4.78 is 30.0. The standard InChI is InChI=1S/C26H28N4O3S/c1-18-13-14-19(2)23(17-18)34(32,33)27-16-15-24(31)29-25(20-9-5-4-6-10-20)26-28-21-11-7-8-12-22(21)30(26)3/h4-14,17,25,27H,15-16H2,1-3H3,(H,29,31). The molecule has 1 atom stereocenters. The lowest BCUT2D eigenvalue weighted by atomic mass is 10.1. The molecule has 2 N–H and O–H groups in total. The molecule has 0 saturated carbocycles. The van der Waals surface area contributed by atoms with Crippen molar-refractivity contribution in [2.75, 3.05) is 6.54 Å². The number of hydrogen-bond acceptors (Lipinski definition) is 4. The van der Waals surface area contributed by atoms with Crippen molar-refractivity contribution in [3.63, 3.8) is 0 Å². The molecule has 0 spiro atoms. The number of nitrogens with one attached hydrogen (secondary N) is 2. The average molecular weight is 477 g/mol. The van der Waals surface area contributed by atoms with Crippen molar-refractivity contribution in [1.82, 2.24) is 19.6 Å². The van der Waals surface area contributed by atoms with E-state index in [1.54, 1.807) is 19.1 Å². The van der Waals surface area contributed by atoms with Crippen molar-refractivity contribution in [3.8, 4) is 0 Å². The van der Waals surface area contributed by atoms with Crippen LogP contribution in [0.1, 0.15) is 35.0 Å². The second-order valence-corrected chi connectivity index (χ2v) is 10.1. The molecule has 4 rings (SSSR count). The van der Waals surface area contributed by atoms with Crippen molar-refractivity contribution < 1.29 is 13.2 Å². The van der Waals surface area contributed by atoms with Gasteiger partial charge in [0.2, 0.25) is 15.9 Å². The van der Waals surface area contributed by atoms with E-state index in [-0.39, 0.29) is 23.8 Å². The molecule has 0 aliphatic carbocycles. The fraction of sp³-hybridized carbons (Fsp3) is 0.231. The molecule has 1 amide bonds. The monoisotopic (exact) mass is 476 g/mol. The summed E-state index contributed by atoms with van der Waals surface area (Å²) in [4.78, 5) is 17.9. The first-order chi connectivity index (χ1) is 16.3. The second kappa shape index (κ2) is 9.79. The Morgan fingerprint density at radius 1 is 1.00 bits per heavy atom. The van der Waals surface area contributed by atoms with Gasteiger partial charge in [0, 0.05) is 20.0 Å². The maximum Gasteiger partial charge on any atom is 0.240 e. The molecular weight excluding hydrogens is 448 g/mol. The largest absolute Gasteiger partial charge is 0.342 e. The van der Waals surface area contributed by atoms with E-state index < -0.39 is 16.1 Å². The van der Waals surface area contributed by atoms with Crippen molar-refractivity contribution in [1.29, 1.82) is 0 Å². The molecule has 1 aromatic heterocycles. The van der Waals surface area contributed by atoms with Crippen LogP contribution in [0.2, 0.25) is 0 Å². The number of para-hydroxylation sites is 2. The van der Waals surface area contributed by atoms with Crippen LogP contribution in [0.25, 0.3) is 11.0 Å². The van der Waals surface area contributed by atoms with Gasteiger partial charge in [-0.1, -0.05) is 54.6 Å². The van der Waals surface area contributed by atoms with Gasteiger partial charge in [-0.25, -0.2) is 18.1 Å². The summed E-state index contributed by atoms with van der Waals surface area (Å²) in [5.41, 5.74) is 4.22. The molecule has 0 bridgehead atoms. The fourth-order valence-electron chi connectivity index (χ4n) is 3.97. The third-order valence-electron chi connectivity index (χ3n) is 5.80. The molecule has 0 radical (unpaired) electrons. The Kier molecular flexibility index (Phi) is 6.81. The Hall–Kier alpha value is -3.49. The fourth-order valence-corrected chi connectivity index (χ4v) is 5.33. The van der Waals surface area contributed by atoms with Gasteiger partial charge in [0.1, 0.15) is 11.9 Å². The minimum atomic E-state index is -3.71. The SMILES string of the molecule is Cc1ccc(C)c(S(=O)(=O)NCCC(=O)NC(c2ccccc2)c2nc3ccccc3n2C)c1. The highest BCUT2D eigenvalue weighted by atomic mass is 32.2. The number of carbonyl (C=O) groups excluding carboxylic acids is 1. The van der Waals surface area contributed by atoms with Gasteiger partial charge in [-0.15, -0.1) is 0 Å². The van der Waals surface area contributed by atoms with E-state index in [2.05, 4.69) is 10.0 Å². The summed E-state index contributed by atoms with van der Waals surface area (Å²) in [6.45, 7) is 3.59. The predicted molar refractivity (Wildman–Crippen MR) is 133 cm³/mol. The van der Waals surface area contributed by atoms with E-state index in [0.29, 0.717) is 11.4 Å². The first kappa shape index (κ1) is 23.7.